The second-order valence-electron chi connectivity index (χ2n) is 7.05. The van der Waals surface area contributed by atoms with Gasteiger partial charge in [0.05, 0.1) is 0 Å². The number of aromatic nitrogens is 3. The summed E-state index contributed by atoms with van der Waals surface area (Å²) in [5.74, 6) is 3.58. The van der Waals surface area contributed by atoms with E-state index in [1.165, 1.54) is 38.5 Å². The molecule has 4 aliphatic carbocycles. The van der Waals surface area contributed by atoms with E-state index in [2.05, 4.69) is 15.0 Å². The SMILES string of the molecule is Nc1nc(CC23CC4CC(CC(C4)C2)C3)[nH]c(=O)n1. The van der Waals surface area contributed by atoms with Crippen LogP contribution in [0.2, 0.25) is 0 Å². The Labute approximate surface area is 112 Å². The Bertz CT molecular complexity index is 530. The summed E-state index contributed by atoms with van der Waals surface area (Å²) in [4.78, 5) is 22.0. The second kappa shape index (κ2) is 3.81. The van der Waals surface area contributed by atoms with E-state index in [-0.39, 0.29) is 11.6 Å². The van der Waals surface area contributed by atoms with Crippen LogP contribution < -0.4 is 11.4 Å². The summed E-state index contributed by atoms with van der Waals surface area (Å²) in [7, 11) is 0. The Morgan fingerprint density at radius 3 is 2.21 bits per heavy atom. The van der Waals surface area contributed by atoms with E-state index in [1.54, 1.807) is 0 Å². The molecule has 1 heterocycles. The third-order valence-electron chi connectivity index (χ3n) is 5.42. The minimum Gasteiger partial charge on any atom is -0.368 e. The van der Waals surface area contributed by atoms with Crippen LogP contribution in [0.3, 0.4) is 0 Å². The number of aromatic amines is 1. The van der Waals surface area contributed by atoms with Gasteiger partial charge in [0, 0.05) is 6.42 Å². The molecule has 5 rings (SSSR count). The third-order valence-corrected chi connectivity index (χ3v) is 5.42. The molecule has 0 saturated heterocycles. The molecule has 0 unspecified atom stereocenters. The smallest absolute Gasteiger partial charge is 0.349 e. The summed E-state index contributed by atoms with van der Waals surface area (Å²) >= 11 is 0. The van der Waals surface area contributed by atoms with Crippen LogP contribution in [0.1, 0.15) is 44.3 Å². The highest BCUT2D eigenvalue weighted by atomic mass is 16.1. The number of nitrogens with zero attached hydrogens (tertiary/aromatic N) is 2. The molecule has 0 amide bonds. The lowest BCUT2D eigenvalue weighted by Crippen LogP contribution is -2.47. The zero-order valence-corrected chi connectivity index (χ0v) is 11.1. The number of hydrogen-bond acceptors (Lipinski definition) is 4. The van der Waals surface area contributed by atoms with Crippen molar-refractivity contribution in [3.8, 4) is 0 Å². The maximum absolute atomic E-state index is 11.4. The molecular formula is C14H20N4O. The molecule has 0 spiro atoms. The summed E-state index contributed by atoms with van der Waals surface area (Å²) in [5.41, 5.74) is 5.59. The van der Waals surface area contributed by atoms with Crippen molar-refractivity contribution in [3.05, 3.63) is 16.3 Å². The number of H-pyrrole nitrogens is 1. The van der Waals surface area contributed by atoms with Crippen molar-refractivity contribution >= 4 is 5.95 Å². The van der Waals surface area contributed by atoms with Crippen LogP contribution in [0.25, 0.3) is 0 Å². The van der Waals surface area contributed by atoms with Crippen LogP contribution in [0, 0.1) is 23.2 Å². The molecule has 4 saturated carbocycles. The van der Waals surface area contributed by atoms with Gasteiger partial charge in [0.1, 0.15) is 5.82 Å². The van der Waals surface area contributed by atoms with Crippen molar-refractivity contribution in [1.29, 1.82) is 0 Å². The van der Waals surface area contributed by atoms with E-state index in [0.717, 1.165) is 30.0 Å². The molecule has 19 heavy (non-hydrogen) atoms. The van der Waals surface area contributed by atoms with Gasteiger partial charge < -0.3 is 5.73 Å². The van der Waals surface area contributed by atoms with E-state index in [0.29, 0.717) is 5.41 Å². The average Bonchev–Trinajstić information content (AvgIpc) is 2.23. The van der Waals surface area contributed by atoms with Gasteiger partial charge >= 0.3 is 5.69 Å². The molecule has 1 aromatic rings. The first-order valence-electron chi connectivity index (χ1n) is 7.33. The van der Waals surface area contributed by atoms with E-state index in [4.69, 9.17) is 5.73 Å². The van der Waals surface area contributed by atoms with Crippen LogP contribution in [0.15, 0.2) is 4.79 Å². The molecule has 1 aromatic heterocycles. The van der Waals surface area contributed by atoms with Crippen LogP contribution in [0.4, 0.5) is 5.95 Å². The quantitative estimate of drug-likeness (QED) is 0.844. The lowest BCUT2D eigenvalue weighted by Gasteiger charge is -2.56. The maximum Gasteiger partial charge on any atom is 0.349 e. The molecule has 5 nitrogen and oxygen atoms in total. The highest BCUT2D eigenvalue weighted by Crippen LogP contribution is 2.60. The van der Waals surface area contributed by atoms with Crippen LogP contribution in [-0.2, 0) is 6.42 Å². The van der Waals surface area contributed by atoms with E-state index in [1.807, 2.05) is 0 Å². The van der Waals surface area contributed by atoms with Crippen LogP contribution in [0.5, 0.6) is 0 Å². The number of nitrogens with one attached hydrogen (secondary N) is 1. The molecule has 0 radical (unpaired) electrons. The standard InChI is InChI=1S/C14H20N4O/c15-12-16-11(17-13(19)18-12)7-14-4-8-1-9(5-14)3-10(2-8)6-14/h8-10H,1-7H2,(H3,15,16,17,18,19). The molecule has 0 atom stereocenters. The van der Waals surface area contributed by atoms with Gasteiger partial charge in [-0.05, 0) is 61.7 Å². The van der Waals surface area contributed by atoms with Crippen molar-refractivity contribution in [2.45, 2.75) is 44.9 Å². The predicted octanol–water partition coefficient (Wildman–Crippen LogP) is 1.51. The molecular weight excluding hydrogens is 240 g/mol. The first-order valence-corrected chi connectivity index (χ1v) is 7.33. The summed E-state index contributed by atoms with van der Waals surface area (Å²) in [5, 5.41) is 0. The van der Waals surface area contributed by atoms with E-state index in [9.17, 15) is 4.79 Å². The zero-order valence-electron chi connectivity index (χ0n) is 11.1. The zero-order chi connectivity index (χ0) is 13.0. The highest BCUT2D eigenvalue weighted by molar-refractivity contribution is 5.14. The lowest BCUT2D eigenvalue weighted by molar-refractivity contribution is -0.0532. The molecule has 4 aliphatic rings. The van der Waals surface area contributed by atoms with Crippen molar-refractivity contribution in [2.75, 3.05) is 5.73 Å². The number of nitrogens with two attached hydrogens (primary N) is 1. The van der Waals surface area contributed by atoms with Gasteiger partial charge in [0.25, 0.3) is 0 Å². The fraction of sp³-hybridized carbons (Fsp3) is 0.786. The van der Waals surface area contributed by atoms with Gasteiger partial charge in [-0.15, -0.1) is 0 Å². The molecule has 3 N–H and O–H groups in total. The van der Waals surface area contributed by atoms with Gasteiger partial charge in [-0.3, -0.25) is 4.98 Å². The van der Waals surface area contributed by atoms with Crippen molar-refractivity contribution < 1.29 is 0 Å². The van der Waals surface area contributed by atoms with Crippen LogP contribution >= 0.6 is 0 Å². The topological polar surface area (TPSA) is 84.7 Å². The Hall–Kier alpha value is -1.39. The van der Waals surface area contributed by atoms with E-state index >= 15 is 0 Å². The Morgan fingerprint density at radius 2 is 1.68 bits per heavy atom. The number of rotatable bonds is 2. The van der Waals surface area contributed by atoms with Gasteiger partial charge in [-0.25, -0.2) is 4.79 Å². The molecule has 4 bridgehead atoms. The van der Waals surface area contributed by atoms with Crippen molar-refractivity contribution in [3.63, 3.8) is 0 Å². The fourth-order valence-electron chi connectivity index (χ4n) is 5.39. The van der Waals surface area contributed by atoms with Gasteiger partial charge in [-0.2, -0.15) is 9.97 Å². The number of hydrogen-bond donors (Lipinski definition) is 2. The molecule has 0 aliphatic heterocycles. The molecule has 0 aromatic carbocycles. The number of nitrogen functional groups attached to an aromatic ring is 1. The Balaban J connectivity index is 1.63. The minimum atomic E-state index is -0.368. The second-order valence-corrected chi connectivity index (χ2v) is 7.05. The summed E-state index contributed by atoms with van der Waals surface area (Å²) < 4.78 is 0. The Morgan fingerprint density at radius 1 is 1.11 bits per heavy atom. The molecule has 102 valence electrons. The van der Waals surface area contributed by atoms with Gasteiger partial charge in [0.2, 0.25) is 5.95 Å². The molecule has 5 heteroatoms. The Kier molecular flexibility index (Phi) is 2.29. The van der Waals surface area contributed by atoms with Crippen molar-refractivity contribution in [2.24, 2.45) is 23.2 Å². The largest absolute Gasteiger partial charge is 0.368 e. The maximum atomic E-state index is 11.4. The first kappa shape index (κ1) is 11.4. The first-order chi connectivity index (χ1) is 9.10. The minimum absolute atomic E-state index is 0.100. The summed E-state index contributed by atoms with van der Waals surface area (Å²) in [6.45, 7) is 0. The van der Waals surface area contributed by atoms with E-state index < -0.39 is 0 Å². The fourth-order valence-corrected chi connectivity index (χ4v) is 5.39. The predicted molar refractivity (Wildman–Crippen MR) is 71.4 cm³/mol. The lowest BCUT2D eigenvalue weighted by atomic mass is 9.49. The van der Waals surface area contributed by atoms with Crippen LogP contribution in [-0.4, -0.2) is 15.0 Å². The number of anilines is 1. The average molecular weight is 260 g/mol. The van der Waals surface area contributed by atoms with Gasteiger partial charge in [-0.1, -0.05) is 0 Å². The summed E-state index contributed by atoms with van der Waals surface area (Å²) in [6, 6.07) is 0. The summed E-state index contributed by atoms with van der Waals surface area (Å²) in [6.07, 6.45) is 9.10. The highest BCUT2D eigenvalue weighted by Gasteiger charge is 2.50. The van der Waals surface area contributed by atoms with Gasteiger partial charge in [0.15, 0.2) is 0 Å². The van der Waals surface area contributed by atoms with Crippen molar-refractivity contribution in [1.82, 2.24) is 15.0 Å². The monoisotopic (exact) mass is 260 g/mol. The third kappa shape index (κ3) is 1.95. The molecule has 4 fully saturated rings. The normalized spacial score (nSPS) is 39.7.